The minimum absolute atomic E-state index is 0.365. The zero-order valence-electron chi connectivity index (χ0n) is 10.5. The van der Waals surface area contributed by atoms with E-state index in [0.717, 1.165) is 11.1 Å². The van der Waals surface area contributed by atoms with Gasteiger partial charge in [-0.15, -0.1) is 0 Å². The number of carbonyl (C=O) groups excluding carboxylic acids is 2. The summed E-state index contributed by atoms with van der Waals surface area (Å²) in [7, 11) is 0. The molecule has 0 fully saturated rings. The minimum atomic E-state index is -0.652. The summed E-state index contributed by atoms with van der Waals surface area (Å²) in [6.07, 6.45) is 0. The first-order valence-corrected chi connectivity index (χ1v) is 6.76. The average Bonchev–Trinajstić information content (AvgIpc) is 2.89. The zero-order valence-corrected chi connectivity index (χ0v) is 11.3. The summed E-state index contributed by atoms with van der Waals surface area (Å²) in [5, 5.41) is 8.99. The number of aryl methyl sites for hydroxylation is 1. The molecule has 2 aromatic rings. The molecule has 1 aromatic carbocycles. The van der Waals surface area contributed by atoms with E-state index >= 15 is 0 Å². The van der Waals surface area contributed by atoms with E-state index in [1.165, 1.54) is 0 Å². The molecule has 1 aromatic heterocycles. The number of carbonyl (C=O) groups is 2. The van der Waals surface area contributed by atoms with Gasteiger partial charge in [-0.1, -0.05) is 12.1 Å². The summed E-state index contributed by atoms with van der Waals surface area (Å²) < 4.78 is 0. The van der Waals surface area contributed by atoms with E-state index in [9.17, 15) is 9.59 Å². The molecule has 0 aliphatic rings. The van der Waals surface area contributed by atoms with Crippen molar-refractivity contribution in [2.75, 3.05) is 5.32 Å². The molecule has 0 aliphatic heterocycles. The van der Waals surface area contributed by atoms with Crippen LogP contribution in [0.3, 0.4) is 0 Å². The molecule has 0 unspecified atom stereocenters. The van der Waals surface area contributed by atoms with E-state index < -0.39 is 11.8 Å². The standard InChI is InChI=1S/C14H14N2O2S/c1-10-3-2-4-12(7-10)16-14(18)13(17)15-8-11-5-6-19-9-11/h2-7,9H,8H2,1H3,(H,15,17)(H,16,18). The zero-order chi connectivity index (χ0) is 13.7. The number of nitrogens with one attached hydrogen (secondary N) is 2. The quantitative estimate of drug-likeness (QED) is 0.844. The second kappa shape index (κ2) is 6.15. The Hall–Kier alpha value is -2.14. The van der Waals surface area contributed by atoms with Crippen molar-refractivity contribution in [1.29, 1.82) is 0 Å². The Labute approximate surface area is 115 Å². The molecule has 0 spiro atoms. The highest BCUT2D eigenvalue weighted by molar-refractivity contribution is 7.07. The largest absolute Gasteiger partial charge is 0.344 e. The first kappa shape index (κ1) is 13.3. The first-order chi connectivity index (χ1) is 9.15. The number of rotatable bonds is 3. The van der Waals surface area contributed by atoms with Gasteiger partial charge in [0, 0.05) is 12.2 Å². The molecule has 0 aliphatic carbocycles. The van der Waals surface area contributed by atoms with Gasteiger partial charge in [-0.3, -0.25) is 9.59 Å². The number of hydrogen-bond acceptors (Lipinski definition) is 3. The van der Waals surface area contributed by atoms with Crippen LogP contribution in [0.15, 0.2) is 41.1 Å². The molecule has 0 atom stereocenters. The van der Waals surface area contributed by atoms with E-state index in [1.807, 2.05) is 41.9 Å². The third-order valence-corrected chi connectivity index (χ3v) is 3.25. The second-order valence-corrected chi connectivity index (χ2v) is 4.92. The van der Waals surface area contributed by atoms with Gasteiger partial charge in [0.15, 0.2) is 0 Å². The van der Waals surface area contributed by atoms with Gasteiger partial charge in [-0.2, -0.15) is 11.3 Å². The monoisotopic (exact) mass is 274 g/mol. The van der Waals surface area contributed by atoms with Gasteiger partial charge in [-0.05, 0) is 47.0 Å². The molecule has 0 radical (unpaired) electrons. The Bertz CT molecular complexity index is 579. The Morgan fingerprint density at radius 1 is 1.21 bits per heavy atom. The minimum Gasteiger partial charge on any atom is -0.344 e. The second-order valence-electron chi connectivity index (χ2n) is 4.14. The highest BCUT2D eigenvalue weighted by Crippen LogP contribution is 2.09. The molecule has 19 heavy (non-hydrogen) atoms. The van der Waals surface area contributed by atoms with E-state index in [0.29, 0.717) is 12.2 Å². The third-order valence-electron chi connectivity index (χ3n) is 2.52. The lowest BCUT2D eigenvalue weighted by Crippen LogP contribution is -2.34. The Balaban J connectivity index is 1.87. The van der Waals surface area contributed by atoms with E-state index in [2.05, 4.69) is 10.6 Å². The van der Waals surface area contributed by atoms with Gasteiger partial charge in [0.1, 0.15) is 0 Å². The average molecular weight is 274 g/mol. The molecule has 0 bridgehead atoms. The van der Waals surface area contributed by atoms with Gasteiger partial charge in [0.05, 0.1) is 0 Å². The lowest BCUT2D eigenvalue weighted by Gasteiger charge is -2.06. The molecular formula is C14H14N2O2S. The predicted octanol–water partition coefficient (Wildman–Crippen LogP) is 2.31. The van der Waals surface area contributed by atoms with Crippen molar-refractivity contribution in [3.05, 3.63) is 52.2 Å². The fourth-order valence-corrected chi connectivity index (χ4v) is 2.24. The fourth-order valence-electron chi connectivity index (χ4n) is 1.57. The van der Waals surface area contributed by atoms with E-state index in [4.69, 9.17) is 0 Å². The van der Waals surface area contributed by atoms with Gasteiger partial charge in [0.25, 0.3) is 0 Å². The van der Waals surface area contributed by atoms with Crippen LogP contribution in [0.2, 0.25) is 0 Å². The summed E-state index contributed by atoms with van der Waals surface area (Å²) >= 11 is 1.55. The topological polar surface area (TPSA) is 58.2 Å². The van der Waals surface area contributed by atoms with E-state index in [1.54, 1.807) is 17.4 Å². The summed E-state index contributed by atoms with van der Waals surface area (Å²) in [6, 6.07) is 9.21. The van der Waals surface area contributed by atoms with Crippen LogP contribution in [0.4, 0.5) is 5.69 Å². The van der Waals surface area contributed by atoms with Crippen molar-refractivity contribution in [2.45, 2.75) is 13.5 Å². The van der Waals surface area contributed by atoms with Crippen LogP contribution < -0.4 is 10.6 Å². The predicted molar refractivity (Wildman–Crippen MR) is 76.0 cm³/mol. The number of anilines is 1. The molecule has 4 nitrogen and oxygen atoms in total. The molecular weight excluding hydrogens is 260 g/mol. The molecule has 1 heterocycles. The fraction of sp³-hybridized carbons (Fsp3) is 0.143. The number of benzene rings is 1. The summed E-state index contributed by atoms with van der Waals surface area (Å²) in [5.74, 6) is -1.28. The summed E-state index contributed by atoms with van der Waals surface area (Å²) in [4.78, 5) is 23.3. The van der Waals surface area contributed by atoms with Crippen LogP contribution in [-0.4, -0.2) is 11.8 Å². The number of amides is 2. The van der Waals surface area contributed by atoms with Gasteiger partial charge in [0.2, 0.25) is 0 Å². The van der Waals surface area contributed by atoms with Gasteiger partial charge < -0.3 is 10.6 Å². The maximum Gasteiger partial charge on any atom is 0.313 e. The van der Waals surface area contributed by atoms with Crippen LogP contribution in [0.25, 0.3) is 0 Å². The Morgan fingerprint density at radius 2 is 2.05 bits per heavy atom. The van der Waals surface area contributed by atoms with Gasteiger partial charge >= 0.3 is 11.8 Å². The molecule has 98 valence electrons. The van der Waals surface area contributed by atoms with Crippen LogP contribution in [0.1, 0.15) is 11.1 Å². The van der Waals surface area contributed by atoms with Crippen LogP contribution in [0.5, 0.6) is 0 Å². The van der Waals surface area contributed by atoms with Crippen molar-refractivity contribution in [3.8, 4) is 0 Å². The molecule has 2 rings (SSSR count). The molecule has 0 saturated carbocycles. The van der Waals surface area contributed by atoms with Crippen molar-refractivity contribution in [1.82, 2.24) is 5.32 Å². The molecule has 5 heteroatoms. The number of thiophene rings is 1. The van der Waals surface area contributed by atoms with Crippen molar-refractivity contribution in [2.24, 2.45) is 0 Å². The van der Waals surface area contributed by atoms with Crippen LogP contribution >= 0.6 is 11.3 Å². The Kier molecular flexibility index (Phi) is 4.30. The third kappa shape index (κ3) is 3.93. The molecule has 2 N–H and O–H groups in total. The SMILES string of the molecule is Cc1cccc(NC(=O)C(=O)NCc2ccsc2)c1. The highest BCUT2D eigenvalue weighted by atomic mass is 32.1. The Morgan fingerprint density at radius 3 is 2.74 bits per heavy atom. The van der Waals surface area contributed by atoms with Crippen LogP contribution in [-0.2, 0) is 16.1 Å². The first-order valence-electron chi connectivity index (χ1n) is 5.82. The van der Waals surface area contributed by atoms with Crippen molar-refractivity contribution >= 4 is 28.8 Å². The lowest BCUT2D eigenvalue weighted by atomic mass is 10.2. The van der Waals surface area contributed by atoms with Crippen molar-refractivity contribution in [3.63, 3.8) is 0 Å². The van der Waals surface area contributed by atoms with Crippen molar-refractivity contribution < 1.29 is 9.59 Å². The highest BCUT2D eigenvalue weighted by Gasteiger charge is 2.13. The van der Waals surface area contributed by atoms with Crippen LogP contribution in [0, 0.1) is 6.92 Å². The van der Waals surface area contributed by atoms with Gasteiger partial charge in [-0.25, -0.2) is 0 Å². The lowest BCUT2D eigenvalue weighted by molar-refractivity contribution is -0.136. The van der Waals surface area contributed by atoms with E-state index in [-0.39, 0.29) is 0 Å². The number of hydrogen-bond donors (Lipinski definition) is 2. The normalized spacial score (nSPS) is 9.95. The smallest absolute Gasteiger partial charge is 0.313 e. The summed E-state index contributed by atoms with van der Waals surface area (Å²) in [6.45, 7) is 2.29. The molecule has 0 saturated heterocycles. The maximum atomic E-state index is 11.7. The molecule has 2 amide bonds. The maximum absolute atomic E-state index is 11.7. The summed E-state index contributed by atoms with van der Waals surface area (Å²) in [5.41, 5.74) is 2.63.